The number of ether oxygens (including phenoxy) is 1. The van der Waals surface area contributed by atoms with Crippen molar-refractivity contribution in [1.82, 2.24) is 4.72 Å². The number of rotatable bonds is 21. The maximum atomic E-state index is 12.6. The van der Waals surface area contributed by atoms with Gasteiger partial charge in [-0.1, -0.05) is 115 Å². The molecule has 0 saturated carbocycles. The minimum Gasteiger partial charge on any atom is -0.466 e. The molecule has 1 N–H and O–H groups in total. The third-order valence-electron chi connectivity index (χ3n) is 5.92. The Bertz CT molecular complexity index is 688. The van der Waals surface area contributed by atoms with Crippen molar-refractivity contribution in [3.8, 4) is 0 Å². The van der Waals surface area contributed by atoms with Gasteiger partial charge in [-0.3, -0.25) is 4.79 Å². The van der Waals surface area contributed by atoms with Crippen molar-refractivity contribution >= 4 is 16.5 Å². The largest absolute Gasteiger partial charge is 0.466 e. The van der Waals surface area contributed by atoms with Crippen molar-refractivity contribution in [2.45, 2.75) is 121 Å². The summed E-state index contributed by atoms with van der Waals surface area (Å²) in [5, 5.41) is 0. The topological polar surface area (TPSA) is 72.5 Å². The Morgan fingerprint density at radius 3 is 1.75 bits per heavy atom. The number of hydrogen-bond donors (Lipinski definition) is 1. The fraction of sp³-hybridized carbons (Fsp3) is 0.731. The summed E-state index contributed by atoms with van der Waals surface area (Å²) in [6.07, 6.45) is 18.6. The molecular weight excluding hydrogens is 422 g/mol. The van der Waals surface area contributed by atoms with Gasteiger partial charge < -0.3 is 4.74 Å². The van der Waals surface area contributed by atoms with Crippen molar-refractivity contribution in [3.63, 3.8) is 0 Å². The standard InChI is InChI=1S/C26H45NO4S/c1-3-4-5-6-7-8-9-10-11-12-13-14-15-16-17-25(22-31-23-28)27-32(29,30)26-20-18-24(2)19-21-26/h18-21,23,25,27H,3-17,22H2,1-2H3/t25-/m1/s1. The molecular formula is C26H45NO4S. The lowest BCUT2D eigenvalue weighted by Crippen LogP contribution is -2.38. The van der Waals surface area contributed by atoms with E-state index in [0.29, 0.717) is 12.9 Å². The summed E-state index contributed by atoms with van der Waals surface area (Å²) in [4.78, 5) is 10.8. The molecule has 6 heteroatoms. The van der Waals surface area contributed by atoms with Gasteiger partial charge in [-0.2, -0.15) is 0 Å². The van der Waals surface area contributed by atoms with Gasteiger partial charge in [0.15, 0.2) is 0 Å². The van der Waals surface area contributed by atoms with Crippen LogP contribution in [-0.4, -0.2) is 27.5 Å². The van der Waals surface area contributed by atoms with Gasteiger partial charge in [0.05, 0.1) is 10.9 Å². The number of carbonyl (C=O) groups excluding carboxylic acids is 1. The fourth-order valence-corrected chi connectivity index (χ4v) is 5.18. The number of carbonyl (C=O) groups is 1. The number of sulfonamides is 1. The van der Waals surface area contributed by atoms with Crippen molar-refractivity contribution < 1.29 is 17.9 Å². The van der Waals surface area contributed by atoms with E-state index in [4.69, 9.17) is 4.74 Å². The van der Waals surface area contributed by atoms with E-state index < -0.39 is 16.1 Å². The van der Waals surface area contributed by atoms with E-state index in [0.717, 1.165) is 18.4 Å². The molecule has 0 bridgehead atoms. The minimum absolute atomic E-state index is 0.0625. The average molecular weight is 468 g/mol. The summed E-state index contributed by atoms with van der Waals surface area (Å²) < 4.78 is 32.8. The number of unbranched alkanes of at least 4 members (excludes halogenated alkanes) is 13. The molecule has 1 rings (SSSR count). The van der Waals surface area contributed by atoms with E-state index in [1.807, 2.05) is 6.92 Å². The molecule has 0 aliphatic heterocycles. The van der Waals surface area contributed by atoms with Crippen molar-refractivity contribution in [2.24, 2.45) is 0 Å². The first-order valence-corrected chi connectivity index (χ1v) is 14.1. The molecule has 0 spiro atoms. The summed E-state index contributed by atoms with van der Waals surface area (Å²) in [5.74, 6) is 0. The summed E-state index contributed by atoms with van der Waals surface area (Å²) in [7, 11) is -3.62. The van der Waals surface area contributed by atoms with E-state index in [2.05, 4.69) is 11.6 Å². The molecule has 1 aromatic carbocycles. The number of aryl methyl sites for hydroxylation is 1. The van der Waals surface area contributed by atoms with Crippen molar-refractivity contribution in [1.29, 1.82) is 0 Å². The monoisotopic (exact) mass is 467 g/mol. The van der Waals surface area contributed by atoms with E-state index in [1.165, 1.54) is 77.0 Å². The molecule has 184 valence electrons. The van der Waals surface area contributed by atoms with Gasteiger partial charge in [-0.15, -0.1) is 0 Å². The van der Waals surface area contributed by atoms with Gasteiger partial charge in [0.25, 0.3) is 6.47 Å². The van der Waals surface area contributed by atoms with E-state index in [1.54, 1.807) is 24.3 Å². The first-order chi connectivity index (χ1) is 15.5. The highest BCUT2D eigenvalue weighted by atomic mass is 32.2. The fourth-order valence-electron chi connectivity index (χ4n) is 3.92. The summed E-state index contributed by atoms with van der Waals surface area (Å²) in [6.45, 7) is 4.61. The Balaban J connectivity index is 2.17. The average Bonchev–Trinajstić information content (AvgIpc) is 2.77. The summed E-state index contributed by atoms with van der Waals surface area (Å²) in [6, 6.07) is 6.35. The van der Waals surface area contributed by atoms with Crippen LogP contribution in [0, 0.1) is 6.92 Å². The lowest BCUT2D eigenvalue weighted by molar-refractivity contribution is -0.129. The highest BCUT2D eigenvalue weighted by molar-refractivity contribution is 7.89. The van der Waals surface area contributed by atoms with Crippen LogP contribution in [0.25, 0.3) is 0 Å². The second-order valence-corrected chi connectivity index (χ2v) is 10.7. The minimum atomic E-state index is -3.62. The molecule has 0 aliphatic carbocycles. The van der Waals surface area contributed by atoms with E-state index >= 15 is 0 Å². The van der Waals surface area contributed by atoms with E-state index in [-0.39, 0.29) is 11.5 Å². The third kappa shape index (κ3) is 13.9. The smallest absolute Gasteiger partial charge is 0.293 e. The van der Waals surface area contributed by atoms with Gasteiger partial charge in [0.2, 0.25) is 10.0 Å². The number of hydrogen-bond acceptors (Lipinski definition) is 4. The zero-order valence-corrected chi connectivity index (χ0v) is 21.1. The predicted octanol–water partition coefficient (Wildman–Crippen LogP) is 6.69. The predicted molar refractivity (Wildman–Crippen MR) is 132 cm³/mol. The molecule has 0 aromatic heterocycles. The third-order valence-corrected chi connectivity index (χ3v) is 7.46. The molecule has 32 heavy (non-hydrogen) atoms. The second kappa shape index (κ2) is 18.1. The van der Waals surface area contributed by atoms with Crippen LogP contribution in [0.1, 0.15) is 109 Å². The van der Waals surface area contributed by atoms with Crippen LogP contribution < -0.4 is 4.72 Å². The van der Waals surface area contributed by atoms with Crippen molar-refractivity contribution in [2.75, 3.05) is 6.61 Å². The lowest BCUT2D eigenvalue weighted by Gasteiger charge is -2.18. The molecule has 0 unspecified atom stereocenters. The Kier molecular flexibility index (Phi) is 16.2. The van der Waals surface area contributed by atoms with Crippen LogP contribution >= 0.6 is 0 Å². The molecule has 0 aliphatic rings. The summed E-state index contributed by atoms with van der Waals surface area (Å²) in [5.41, 5.74) is 1.01. The van der Waals surface area contributed by atoms with Gasteiger partial charge >= 0.3 is 0 Å². The Labute approximate surface area is 196 Å². The number of nitrogens with one attached hydrogen (secondary N) is 1. The molecule has 1 atom stereocenters. The Morgan fingerprint density at radius 2 is 1.28 bits per heavy atom. The highest BCUT2D eigenvalue weighted by Crippen LogP contribution is 2.15. The van der Waals surface area contributed by atoms with Gasteiger partial charge in [-0.05, 0) is 25.5 Å². The maximum Gasteiger partial charge on any atom is 0.293 e. The van der Waals surface area contributed by atoms with Crippen LogP contribution in [0.5, 0.6) is 0 Å². The highest BCUT2D eigenvalue weighted by Gasteiger charge is 2.20. The van der Waals surface area contributed by atoms with Crippen molar-refractivity contribution in [3.05, 3.63) is 29.8 Å². The zero-order valence-electron chi connectivity index (χ0n) is 20.3. The van der Waals surface area contributed by atoms with Gasteiger partial charge in [-0.25, -0.2) is 13.1 Å². The molecule has 0 radical (unpaired) electrons. The SMILES string of the molecule is CCCCCCCCCCCCCCCC[C@H](COC=O)NS(=O)(=O)c1ccc(C)cc1. The normalized spacial score (nSPS) is 12.6. The number of benzene rings is 1. The summed E-state index contributed by atoms with van der Waals surface area (Å²) >= 11 is 0. The Morgan fingerprint density at radius 1 is 0.812 bits per heavy atom. The first kappa shape index (κ1) is 28.6. The first-order valence-electron chi connectivity index (χ1n) is 12.6. The molecule has 0 saturated heterocycles. The maximum absolute atomic E-state index is 12.6. The zero-order chi connectivity index (χ0) is 23.5. The van der Waals surface area contributed by atoms with Gasteiger partial charge in [0.1, 0.15) is 6.61 Å². The quantitative estimate of drug-likeness (QED) is 0.161. The Hall–Kier alpha value is -1.40. The lowest BCUT2D eigenvalue weighted by atomic mass is 10.0. The van der Waals surface area contributed by atoms with Crippen LogP contribution in [0.4, 0.5) is 0 Å². The molecule has 0 fully saturated rings. The van der Waals surface area contributed by atoms with Gasteiger partial charge in [0, 0.05) is 0 Å². The van der Waals surface area contributed by atoms with Crippen LogP contribution in [0.15, 0.2) is 29.2 Å². The molecule has 0 amide bonds. The van der Waals surface area contributed by atoms with Crippen LogP contribution in [0.3, 0.4) is 0 Å². The molecule has 1 aromatic rings. The van der Waals surface area contributed by atoms with Crippen LogP contribution in [0.2, 0.25) is 0 Å². The molecule has 5 nitrogen and oxygen atoms in total. The van der Waals surface area contributed by atoms with E-state index in [9.17, 15) is 13.2 Å². The van der Waals surface area contributed by atoms with Crippen LogP contribution in [-0.2, 0) is 19.6 Å². The second-order valence-electron chi connectivity index (χ2n) is 8.95. The molecule has 0 heterocycles.